The van der Waals surface area contributed by atoms with Crippen LogP contribution in [0.1, 0.15) is 38.9 Å². The third-order valence-electron chi connectivity index (χ3n) is 2.83. The summed E-state index contributed by atoms with van der Waals surface area (Å²) in [6, 6.07) is 8.07. The van der Waals surface area contributed by atoms with Gasteiger partial charge in [-0.05, 0) is 37.0 Å². The lowest BCUT2D eigenvalue weighted by molar-refractivity contribution is -0.0000226. The Kier molecular flexibility index (Phi) is 6.72. The average Bonchev–Trinajstić information content (AvgIpc) is 2.35. The summed E-state index contributed by atoms with van der Waals surface area (Å²) in [5, 5.41) is 0.807. The second kappa shape index (κ2) is 7.80. The van der Waals surface area contributed by atoms with Gasteiger partial charge in [0.2, 0.25) is 0 Å². The molecule has 1 rings (SSSR count). The number of rotatable bonds is 7. The van der Waals surface area contributed by atoms with Gasteiger partial charge in [0.05, 0.1) is 19.3 Å². The summed E-state index contributed by atoms with van der Waals surface area (Å²) in [7, 11) is 1.68. The minimum Gasteiger partial charge on any atom is -0.497 e. The van der Waals surface area contributed by atoms with Crippen molar-refractivity contribution in [2.75, 3.05) is 12.4 Å². The number of ether oxygens (including phenoxy) is 2. The highest BCUT2D eigenvalue weighted by Crippen LogP contribution is 2.25. The van der Waals surface area contributed by atoms with Crippen molar-refractivity contribution >= 4 is 15.9 Å². The van der Waals surface area contributed by atoms with Crippen LogP contribution in [0.25, 0.3) is 0 Å². The molecule has 3 heteroatoms. The Labute approximate surface area is 119 Å². The summed E-state index contributed by atoms with van der Waals surface area (Å²) in [6.45, 7) is 6.58. The molecule has 0 N–H and O–H groups in total. The van der Waals surface area contributed by atoms with Crippen LogP contribution in [-0.4, -0.2) is 18.5 Å². The van der Waals surface area contributed by atoms with Crippen LogP contribution in [0.5, 0.6) is 5.75 Å². The van der Waals surface area contributed by atoms with Crippen LogP contribution < -0.4 is 4.74 Å². The first-order valence-electron chi connectivity index (χ1n) is 6.42. The van der Waals surface area contributed by atoms with E-state index in [4.69, 9.17) is 9.47 Å². The quantitative estimate of drug-likeness (QED) is 0.686. The number of methoxy groups -OCH3 is 1. The highest BCUT2D eigenvalue weighted by molar-refractivity contribution is 9.09. The van der Waals surface area contributed by atoms with Gasteiger partial charge in [0.1, 0.15) is 5.75 Å². The van der Waals surface area contributed by atoms with Gasteiger partial charge in [0.15, 0.2) is 0 Å². The Morgan fingerprint density at radius 3 is 2.17 bits per heavy atom. The lowest BCUT2D eigenvalue weighted by Gasteiger charge is -2.22. The molecule has 0 saturated carbocycles. The Bertz CT molecular complexity index is 335. The third-order valence-corrected chi connectivity index (χ3v) is 3.42. The van der Waals surface area contributed by atoms with Gasteiger partial charge in [0.25, 0.3) is 0 Å². The maximum Gasteiger partial charge on any atom is 0.118 e. The van der Waals surface area contributed by atoms with E-state index in [1.165, 1.54) is 5.56 Å². The highest BCUT2D eigenvalue weighted by atomic mass is 79.9. The highest BCUT2D eigenvalue weighted by Gasteiger charge is 2.15. The average molecular weight is 315 g/mol. The smallest absolute Gasteiger partial charge is 0.118 e. The first-order valence-corrected chi connectivity index (χ1v) is 7.54. The first kappa shape index (κ1) is 15.5. The molecule has 0 aliphatic carbocycles. The molecule has 1 aromatic rings. The molecule has 2 atom stereocenters. The lowest BCUT2D eigenvalue weighted by Crippen LogP contribution is -2.16. The van der Waals surface area contributed by atoms with E-state index < -0.39 is 0 Å². The molecule has 0 fully saturated rings. The van der Waals surface area contributed by atoms with Gasteiger partial charge in [-0.2, -0.15) is 0 Å². The normalized spacial score (nSPS) is 14.6. The van der Waals surface area contributed by atoms with Crippen LogP contribution in [0, 0.1) is 5.92 Å². The van der Waals surface area contributed by atoms with E-state index in [2.05, 4.69) is 48.8 Å². The lowest BCUT2D eigenvalue weighted by atomic mass is 10.1. The standard InChI is InChI=1S/C15H23BrO2/c1-11(2)9-12(3)18-15(10-16)13-5-7-14(17-4)8-6-13/h5-8,11-12,15H,9-10H2,1-4H3. The summed E-state index contributed by atoms with van der Waals surface area (Å²) in [5.74, 6) is 1.54. The van der Waals surface area contributed by atoms with Gasteiger partial charge in [-0.15, -0.1) is 0 Å². The minimum absolute atomic E-state index is 0.102. The number of benzene rings is 1. The van der Waals surface area contributed by atoms with E-state index in [0.29, 0.717) is 5.92 Å². The predicted octanol–water partition coefficient (Wildman–Crippen LogP) is 4.58. The molecule has 2 nitrogen and oxygen atoms in total. The van der Waals surface area contributed by atoms with Crippen molar-refractivity contribution in [2.24, 2.45) is 5.92 Å². The zero-order chi connectivity index (χ0) is 13.5. The fourth-order valence-corrected chi connectivity index (χ4v) is 2.55. The molecule has 0 saturated heterocycles. The van der Waals surface area contributed by atoms with Crippen molar-refractivity contribution in [1.82, 2.24) is 0 Å². The molecule has 1 aromatic carbocycles. The molecule has 0 heterocycles. The van der Waals surface area contributed by atoms with Gasteiger partial charge in [0, 0.05) is 5.33 Å². The molecule has 18 heavy (non-hydrogen) atoms. The summed E-state index contributed by atoms with van der Waals surface area (Å²) >= 11 is 3.53. The van der Waals surface area contributed by atoms with Crippen LogP contribution in [0.15, 0.2) is 24.3 Å². The maximum absolute atomic E-state index is 6.08. The molecule has 0 spiro atoms. The maximum atomic E-state index is 6.08. The number of hydrogen-bond acceptors (Lipinski definition) is 2. The third kappa shape index (κ3) is 4.99. The van der Waals surface area contributed by atoms with Crippen LogP contribution in [0.2, 0.25) is 0 Å². The molecule has 0 aromatic heterocycles. The number of halogens is 1. The Balaban J connectivity index is 2.64. The van der Waals surface area contributed by atoms with E-state index in [-0.39, 0.29) is 12.2 Å². The molecule has 102 valence electrons. The summed E-state index contributed by atoms with van der Waals surface area (Å²) in [5.41, 5.74) is 1.18. The molecule has 2 unspecified atom stereocenters. The zero-order valence-electron chi connectivity index (χ0n) is 11.7. The summed E-state index contributed by atoms with van der Waals surface area (Å²) < 4.78 is 11.2. The van der Waals surface area contributed by atoms with Gasteiger partial charge < -0.3 is 9.47 Å². The molecule has 0 amide bonds. The van der Waals surface area contributed by atoms with Crippen molar-refractivity contribution in [3.05, 3.63) is 29.8 Å². The first-order chi connectivity index (χ1) is 8.56. The van der Waals surface area contributed by atoms with Crippen molar-refractivity contribution in [1.29, 1.82) is 0 Å². The summed E-state index contributed by atoms with van der Waals surface area (Å²) in [6.07, 6.45) is 1.46. The summed E-state index contributed by atoms with van der Waals surface area (Å²) in [4.78, 5) is 0. The zero-order valence-corrected chi connectivity index (χ0v) is 13.2. The fourth-order valence-electron chi connectivity index (χ4n) is 2.02. The van der Waals surface area contributed by atoms with Gasteiger partial charge >= 0.3 is 0 Å². The van der Waals surface area contributed by atoms with E-state index >= 15 is 0 Å². The van der Waals surface area contributed by atoms with E-state index in [1.54, 1.807) is 7.11 Å². The molecule has 0 bridgehead atoms. The number of alkyl halides is 1. The molecular formula is C15H23BrO2. The topological polar surface area (TPSA) is 18.5 Å². The van der Waals surface area contributed by atoms with Crippen LogP contribution in [-0.2, 0) is 4.74 Å². The van der Waals surface area contributed by atoms with Crippen molar-refractivity contribution in [2.45, 2.75) is 39.4 Å². The second-order valence-electron chi connectivity index (χ2n) is 4.99. The van der Waals surface area contributed by atoms with Crippen LogP contribution in [0.4, 0.5) is 0 Å². The van der Waals surface area contributed by atoms with Gasteiger partial charge in [-0.25, -0.2) is 0 Å². The minimum atomic E-state index is 0.102. The molecule has 0 aliphatic heterocycles. The van der Waals surface area contributed by atoms with Crippen LogP contribution >= 0.6 is 15.9 Å². The Hall–Kier alpha value is -0.540. The monoisotopic (exact) mass is 314 g/mol. The Morgan fingerprint density at radius 2 is 1.72 bits per heavy atom. The molecule has 0 aliphatic rings. The Morgan fingerprint density at radius 1 is 1.11 bits per heavy atom. The SMILES string of the molecule is COc1ccc(C(CBr)OC(C)CC(C)C)cc1. The van der Waals surface area contributed by atoms with Crippen LogP contribution in [0.3, 0.4) is 0 Å². The van der Waals surface area contributed by atoms with Gasteiger partial charge in [-0.1, -0.05) is 41.9 Å². The largest absolute Gasteiger partial charge is 0.497 e. The van der Waals surface area contributed by atoms with Gasteiger partial charge in [-0.3, -0.25) is 0 Å². The molecular weight excluding hydrogens is 292 g/mol. The molecule has 0 radical (unpaired) electrons. The number of hydrogen-bond donors (Lipinski definition) is 0. The second-order valence-corrected chi connectivity index (χ2v) is 5.64. The van der Waals surface area contributed by atoms with E-state index in [0.717, 1.165) is 17.5 Å². The fraction of sp³-hybridized carbons (Fsp3) is 0.600. The predicted molar refractivity (Wildman–Crippen MR) is 79.5 cm³/mol. The van der Waals surface area contributed by atoms with E-state index in [1.807, 2.05) is 12.1 Å². The van der Waals surface area contributed by atoms with Crippen molar-refractivity contribution in [3.63, 3.8) is 0 Å². The van der Waals surface area contributed by atoms with Crippen molar-refractivity contribution < 1.29 is 9.47 Å². The van der Waals surface area contributed by atoms with E-state index in [9.17, 15) is 0 Å². The van der Waals surface area contributed by atoms with Crippen molar-refractivity contribution in [3.8, 4) is 5.75 Å².